The van der Waals surface area contributed by atoms with Crippen LogP contribution in [0.2, 0.25) is 0 Å². The van der Waals surface area contributed by atoms with Crippen molar-refractivity contribution in [2.75, 3.05) is 49.7 Å². The maximum atomic E-state index is 11.2. The Morgan fingerprint density at radius 2 is 1.91 bits per heavy atom. The molecule has 116 valence electrons. The van der Waals surface area contributed by atoms with Gasteiger partial charge in [-0.15, -0.1) is 0 Å². The van der Waals surface area contributed by atoms with Crippen LogP contribution in [-0.2, 0) is 9.53 Å². The van der Waals surface area contributed by atoms with Gasteiger partial charge in [0.05, 0.1) is 30.8 Å². The van der Waals surface area contributed by atoms with Crippen molar-refractivity contribution < 1.29 is 9.53 Å². The van der Waals surface area contributed by atoms with Gasteiger partial charge in [0, 0.05) is 20.1 Å². The molecule has 3 rings (SSSR count). The molecule has 0 saturated carbocycles. The van der Waals surface area contributed by atoms with E-state index in [1.807, 2.05) is 24.3 Å². The van der Waals surface area contributed by atoms with Crippen LogP contribution < -0.4 is 15.5 Å². The summed E-state index contributed by atoms with van der Waals surface area (Å²) in [4.78, 5) is 24.5. The van der Waals surface area contributed by atoms with Crippen LogP contribution in [0.4, 0.5) is 11.6 Å². The molecule has 1 saturated heterocycles. The zero-order valence-corrected chi connectivity index (χ0v) is 12.5. The van der Waals surface area contributed by atoms with Gasteiger partial charge in [0.25, 0.3) is 0 Å². The highest BCUT2D eigenvalue weighted by atomic mass is 16.5. The molecule has 1 aliphatic rings. The highest BCUT2D eigenvalue weighted by Crippen LogP contribution is 2.27. The summed E-state index contributed by atoms with van der Waals surface area (Å²) in [6.45, 7) is 2.93. The SMILES string of the molecule is CN(CC(N)=O)c1nc2ccccc2nc1N1CCOCC1. The van der Waals surface area contributed by atoms with E-state index >= 15 is 0 Å². The van der Waals surface area contributed by atoms with Crippen LogP contribution in [0.3, 0.4) is 0 Å². The van der Waals surface area contributed by atoms with Crippen LogP contribution in [0.1, 0.15) is 0 Å². The number of benzene rings is 1. The van der Waals surface area contributed by atoms with E-state index in [9.17, 15) is 4.79 Å². The number of carbonyl (C=O) groups is 1. The highest BCUT2D eigenvalue weighted by molar-refractivity contribution is 5.84. The van der Waals surface area contributed by atoms with Gasteiger partial charge in [0.15, 0.2) is 11.6 Å². The number of nitrogens with zero attached hydrogens (tertiary/aromatic N) is 4. The van der Waals surface area contributed by atoms with Crippen LogP contribution in [0.25, 0.3) is 11.0 Å². The van der Waals surface area contributed by atoms with E-state index in [2.05, 4.69) is 9.88 Å². The number of likely N-dealkylation sites (N-methyl/N-ethyl adjacent to an activating group) is 1. The number of anilines is 2. The monoisotopic (exact) mass is 301 g/mol. The average Bonchev–Trinajstić information content (AvgIpc) is 2.54. The van der Waals surface area contributed by atoms with Gasteiger partial charge in [0.2, 0.25) is 5.91 Å². The standard InChI is InChI=1S/C15H19N5O2/c1-19(10-13(16)21)14-15(20-6-8-22-9-7-20)18-12-5-3-2-4-11(12)17-14/h2-5H,6-10H2,1H3,(H2,16,21). The Morgan fingerprint density at radius 3 is 2.55 bits per heavy atom. The number of morpholine rings is 1. The van der Waals surface area contributed by atoms with Crippen molar-refractivity contribution in [3.8, 4) is 0 Å². The fourth-order valence-electron chi connectivity index (χ4n) is 2.53. The number of nitrogens with two attached hydrogens (primary N) is 1. The molecule has 0 bridgehead atoms. The summed E-state index contributed by atoms with van der Waals surface area (Å²) in [7, 11) is 1.80. The van der Waals surface area contributed by atoms with Crippen LogP contribution in [-0.4, -0.2) is 55.8 Å². The second-order valence-electron chi connectivity index (χ2n) is 5.28. The maximum Gasteiger partial charge on any atom is 0.236 e. The summed E-state index contributed by atoms with van der Waals surface area (Å²) in [5.41, 5.74) is 6.94. The van der Waals surface area contributed by atoms with E-state index in [0.717, 1.165) is 29.9 Å². The fourth-order valence-corrected chi connectivity index (χ4v) is 2.53. The van der Waals surface area contributed by atoms with Gasteiger partial charge in [-0.2, -0.15) is 0 Å². The van der Waals surface area contributed by atoms with Gasteiger partial charge in [0.1, 0.15) is 0 Å². The third-order valence-electron chi connectivity index (χ3n) is 3.60. The largest absolute Gasteiger partial charge is 0.378 e. The minimum Gasteiger partial charge on any atom is -0.378 e. The molecular weight excluding hydrogens is 282 g/mol. The van der Waals surface area contributed by atoms with Gasteiger partial charge >= 0.3 is 0 Å². The Morgan fingerprint density at radius 1 is 1.27 bits per heavy atom. The summed E-state index contributed by atoms with van der Waals surface area (Å²) in [6, 6.07) is 7.70. The van der Waals surface area contributed by atoms with Gasteiger partial charge in [-0.25, -0.2) is 9.97 Å². The molecule has 2 aromatic rings. The van der Waals surface area contributed by atoms with Crippen molar-refractivity contribution in [3.05, 3.63) is 24.3 Å². The molecule has 1 fully saturated rings. The Bertz CT molecular complexity index is 685. The smallest absolute Gasteiger partial charge is 0.236 e. The molecule has 2 heterocycles. The summed E-state index contributed by atoms with van der Waals surface area (Å²) in [5, 5.41) is 0. The molecule has 0 unspecified atom stereocenters. The number of carbonyl (C=O) groups excluding carboxylic acids is 1. The minimum atomic E-state index is -0.398. The first kappa shape index (κ1) is 14.5. The lowest BCUT2D eigenvalue weighted by molar-refractivity contribution is -0.116. The molecule has 7 nitrogen and oxygen atoms in total. The molecule has 1 aromatic heterocycles. The average molecular weight is 301 g/mol. The number of hydrogen-bond acceptors (Lipinski definition) is 6. The Labute approximate surface area is 128 Å². The van der Waals surface area contributed by atoms with Crippen molar-refractivity contribution in [2.45, 2.75) is 0 Å². The topological polar surface area (TPSA) is 84.6 Å². The molecule has 1 aliphatic heterocycles. The van der Waals surface area contributed by atoms with Crippen LogP contribution in [0.15, 0.2) is 24.3 Å². The van der Waals surface area contributed by atoms with Crippen molar-refractivity contribution in [2.24, 2.45) is 5.73 Å². The number of ether oxygens (including phenoxy) is 1. The second-order valence-corrected chi connectivity index (χ2v) is 5.28. The summed E-state index contributed by atoms with van der Waals surface area (Å²) >= 11 is 0. The van der Waals surface area contributed by atoms with Gasteiger partial charge in [-0.3, -0.25) is 4.79 Å². The van der Waals surface area contributed by atoms with Crippen molar-refractivity contribution in [3.63, 3.8) is 0 Å². The third-order valence-corrected chi connectivity index (χ3v) is 3.60. The predicted molar refractivity (Wildman–Crippen MR) is 85.0 cm³/mol. The first-order valence-electron chi connectivity index (χ1n) is 7.24. The van der Waals surface area contributed by atoms with Crippen LogP contribution in [0, 0.1) is 0 Å². The lowest BCUT2D eigenvalue weighted by atomic mass is 10.3. The van der Waals surface area contributed by atoms with Crippen LogP contribution >= 0.6 is 0 Å². The van der Waals surface area contributed by atoms with E-state index in [1.165, 1.54) is 0 Å². The molecule has 22 heavy (non-hydrogen) atoms. The summed E-state index contributed by atoms with van der Waals surface area (Å²) in [6.07, 6.45) is 0. The first-order valence-corrected chi connectivity index (χ1v) is 7.24. The molecule has 0 atom stereocenters. The number of rotatable bonds is 4. The molecule has 1 amide bonds. The Kier molecular flexibility index (Phi) is 4.06. The van der Waals surface area contributed by atoms with Gasteiger partial charge < -0.3 is 20.3 Å². The number of fused-ring (bicyclic) bond motifs is 1. The number of amides is 1. The molecular formula is C15H19N5O2. The molecule has 7 heteroatoms. The Balaban J connectivity index is 2.06. The lowest BCUT2D eigenvalue weighted by Gasteiger charge is -2.31. The van der Waals surface area contributed by atoms with Gasteiger partial charge in [-0.05, 0) is 12.1 Å². The van der Waals surface area contributed by atoms with Crippen LogP contribution in [0.5, 0.6) is 0 Å². The summed E-state index contributed by atoms with van der Waals surface area (Å²) < 4.78 is 5.40. The normalized spacial score (nSPS) is 15.0. The molecule has 0 spiro atoms. The fraction of sp³-hybridized carbons (Fsp3) is 0.400. The molecule has 1 aromatic carbocycles. The zero-order valence-electron chi connectivity index (χ0n) is 12.5. The number of aromatic nitrogens is 2. The highest BCUT2D eigenvalue weighted by Gasteiger charge is 2.21. The number of hydrogen-bond donors (Lipinski definition) is 1. The predicted octanol–water partition coefficient (Wildman–Crippen LogP) is 0.388. The van der Waals surface area contributed by atoms with Crippen molar-refractivity contribution >= 4 is 28.6 Å². The van der Waals surface area contributed by atoms with E-state index < -0.39 is 5.91 Å². The second kappa shape index (κ2) is 6.15. The van der Waals surface area contributed by atoms with Crippen molar-refractivity contribution in [1.29, 1.82) is 0 Å². The maximum absolute atomic E-state index is 11.2. The number of para-hydroxylation sites is 2. The van der Waals surface area contributed by atoms with Gasteiger partial charge in [-0.1, -0.05) is 12.1 Å². The first-order chi connectivity index (χ1) is 10.6. The van der Waals surface area contributed by atoms with E-state index in [1.54, 1.807) is 11.9 Å². The summed E-state index contributed by atoms with van der Waals surface area (Å²) in [5.74, 6) is 1.04. The zero-order chi connectivity index (χ0) is 15.5. The molecule has 0 aliphatic carbocycles. The lowest BCUT2D eigenvalue weighted by Crippen LogP contribution is -2.39. The van der Waals surface area contributed by atoms with E-state index in [4.69, 9.17) is 15.5 Å². The number of primary amides is 1. The quantitative estimate of drug-likeness (QED) is 0.879. The van der Waals surface area contributed by atoms with E-state index in [0.29, 0.717) is 19.0 Å². The van der Waals surface area contributed by atoms with E-state index in [-0.39, 0.29) is 6.54 Å². The minimum absolute atomic E-state index is 0.102. The molecule has 2 N–H and O–H groups in total. The Hall–Kier alpha value is -2.41. The third kappa shape index (κ3) is 2.94. The molecule has 0 radical (unpaired) electrons. The van der Waals surface area contributed by atoms with Crippen molar-refractivity contribution in [1.82, 2.24) is 9.97 Å².